The fourth-order valence-electron chi connectivity index (χ4n) is 1.68. The molecule has 0 saturated heterocycles. The molecule has 2 aromatic rings. The van der Waals surface area contributed by atoms with Gasteiger partial charge >= 0.3 is 0 Å². The molecule has 0 saturated carbocycles. The second-order valence-electron chi connectivity index (χ2n) is 4.26. The Bertz CT molecular complexity index is 656. The van der Waals surface area contributed by atoms with Crippen LogP contribution in [0.25, 0.3) is 0 Å². The van der Waals surface area contributed by atoms with Gasteiger partial charge in [-0.2, -0.15) is 0 Å². The first-order valence-electron chi connectivity index (χ1n) is 6.00. The smallest absolute Gasteiger partial charge is 0.267 e. The fraction of sp³-hybridized carbons (Fsp3) is 0.0667. The van der Waals surface area contributed by atoms with Crippen molar-refractivity contribution in [3.8, 4) is 0 Å². The van der Waals surface area contributed by atoms with E-state index in [2.05, 4.69) is 10.9 Å². The first kappa shape index (κ1) is 13.7. The first-order valence-corrected chi connectivity index (χ1v) is 6.00. The lowest BCUT2D eigenvalue weighted by molar-refractivity contribution is 0.0844. The number of aryl methyl sites for hydroxylation is 1. The minimum Gasteiger partial charge on any atom is -0.267 e. The number of hydrogen-bond acceptors (Lipinski definition) is 2. The molecule has 0 unspecified atom stereocenters. The van der Waals surface area contributed by atoms with Crippen LogP contribution in [0.15, 0.2) is 48.5 Å². The van der Waals surface area contributed by atoms with Crippen LogP contribution in [-0.2, 0) is 0 Å². The molecule has 0 radical (unpaired) electrons. The minimum absolute atomic E-state index is 0.128. The molecule has 0 aromatic heterocycles. The Morgan fingerprint density at radius 3 is 2.35 bits per heavy atom. The lowest BCUT2D eigenvalue weighted by atomic mass is 10.1. The highest BCUT2D eigenvalue weighted by Gasteiger charge is 2.12. The molecule has 2 N–H and O–H groups in total. The van der Waals surface area contributed by atoms with Gasteiger partial charge in [-0.1, -0.05) is 29.8 Å². The van der Waals surface area contributed by atoms with Gasteiger partial charge in [-0.25, -0.2) is 4.39 Å². The second kappa shape index (κ2) is 5.97. The Morgan fingerprint density at radius 2 is 1.65 bits per heavy atom. The summed E-state index contributed by atoms with van der Waals surface area (Å²) in [6, 6.07) is 12.4. The predicted octanol–water partition coefficient (Wildman–Crippen LogP) is 2.21. The number of carbonyl (C=O) groups excluding carboxylic acids is 2. The van der Waals surface area contributed by atoms with Crippen LogP contribution in [0.2, 0.25) is 0 Å². The molecular formula is C15H13FN2O2. The highest BCUT2D eigenvalue weighted by atomic mass is 19.1. The van der Waals surface area contributed by atoms with Crippen LogP contribution in [-0.4, -0.2) is 11.8 Å². The van der Waals surface area contributed by atoms with Crippen LogP contribution < -0.4 is 10.9 Å². The largest absolute Gasteiger partial charge is 0.272 e. The maximum Gasteiger partial charge on any atom is 0.272 e. The van der Waals surface area contributed by atoms with Gasteiger partial charge in [-0.15, -0.1) is 0 Å². The van der Waals surface area contributed by atoms with Crippen molar-refractivity contribution >= 4 is 11.8 Å². The van der Waals surface area contributed by atoms with E-state index in [0.29, 0.717) is 5.56 Å². The summed E-state index contributed by atoms with van der Waals surface area (Å²) < 4.78 is 13.4. The molecule has 4 nitrogen and oxygen atoms in total. The van der Waals surface area contributed by atoms with Crippen molar-refractivity contribution < 1.29 is 14.0 Å². The first-order chi connectivity index (χ1) is 9.58. The monoisotopic (exact) mass is 272 g/mol. The van der Waals surface area contributed by atoms with Gasteiger partial charge in [0, 0.05) is 5.56 Å². The fourth-order valence-corrected chi connectivity index (χ4v) is 1.68. The Morgan fingerprint density at radius 1 is 0.950 bits per heavy atom. The Hall–Kier alpha value is -2.69. The molecule has 102 valence electrons. The average Bonchev–Trinajstić information content (AvgIpc) is 2.45. The summed E-state index contributed by atoms with van der Waals surface area (Å²) >= 11 is 0. The number of amides is 2. The molecule has 0 heterocycles. The van der Waals surface area contributed by atoms with E-state index in [0.717, 1.165) is 5.56 Å². The van der Waals surface area contributed by atoms with Crippen molar-refractivity contribution in [2.45, 2.75) is 6.92 Å². The van der Waals surface area contributed by atoms with Gasteiger partial charge in [0.05, 0.1) is 5.56 Å². The number of rotatable bonds is 2. The summed E-state index contributed by atoms with van der Waals surface area (Å²) in [5.74, 6) is -1.81. The van der Waals surface area contributed by atoms with Gasteiger partial charge in [0.15, 0.2) is 0 Å². The van der Waals surface area contributed by atoms with Crippen molar-refractivity contribution in [2.75, 3.05) is 0 Å². The summed E-state index contributed by atoms with van der Waals surface area (Å²) in [5, 5.41) is 0. The average molecular weight is 272 g/mol. The molecular weight excluding hydrogens is 259 g/mol. The SMILES string of the molecule is Cc1cccc(C(=O)NNC(=O)c2ccccc2F)c1. The van der Waals surface area contributed by atoms with Crippen molar-refractivity contribution in [1.82, 2.24) is 10.9 Å². The quantitative estimate of drug-likeness (QED) is 0.823. The van der Waals surface area contributed by atoms with Crippen LogP contribution in [0, 0.1) is 12.7 Å². The number of hydrazine groups is 1. The summed E-state index contributed by atoms with van der Waals surface area (Å²) in [6.07, 6.45) is 0. The van der Waals surface area contributed by atoms with E-state index >= 15 is 0 Å². The molecule has 0 fully saturated rings. The van der Waals surface area contributed by atoms with E-state index in [-0.39, 0.29) is 5.56 Å². The lowest BCUT2D eigenvalue weighted by Crippen LogP contribution is -2.41. The van der Waals surface area contributed by atoms with Gasteiger partial charge in [0.1, 0.15) is 5.82 Å². The van der Waals surface area contributed by atoms with Gasteiger partial charge in [-0.3, -0.25) is 20.4 Å². The minimum atomic E-state index is -0.705. The topological polar surface area (TPSA) is 58.2 Å². The van der Waals surface area contributed by atoms with E-state index in [1.54, 1.807) is 24.3 Å². The standard InChI is InChI=1S/C15H13FN2O2/c1-10-5-4-6-11(9-10)14(19)17-18-15(20)12-7-2-3-8-13(12)16/h2-9H,1H3,(H,17,19)(H,18,20). The Balaban J connectivity index is 2.01. The van der Waals surface area contributed by atoms with Gasteiger partial charge in [0.25, 0.3) is 11.8 Å². The third-order valence-corrected chi connectivity index (χ3v) is 2.69. The molecule has 0 atom stereocenters. The Labute approximate surface area is 115 Å². The van der Waals surface area contributed by atoms with Crippen molar-refractivity contribution in [2.24, 2.45) is 0 Å². The third-order valence-electron chi connectivity index (χ3n) is 2.69. The van der Waals surface area contributed by atoms with Gasteiger partial charge in [0.2, 0.25) is 0 Å². The molecule has 0 bridgehead atoms. The summed E-state index contributed by atoms with van der Waals surface area (Å²) in [5.41, 5.74) is 5.64. The molecule has 2 aromatic carbocycles. The number of nitrogens with one attached hydrogen (secondary N) is 2. The maximum absolute atomic E-state index is 13.4. The maximum atomic E-state index is 13.4. The molecule has 5 heteroatoms. The third kappa shape index (κ3) is 3.20. The molecule has 0 spiro atoms. The van der Waals surface area contributed by atoms with Crippen LogP contribution >= 0.6 is 0 Å². The molecule has 20 heavy (non-hydrogen) atoms. The molecule has 0 aliphatic rings. The number of hydrogen-bond donors (Lipinski definition) is 2. The zero-order valence-corrected chi connectivity index (χ0v) is 10.8. The molecule has 0 aliphatic carbocycles. The van der Waals surface area contributed by atoms with E-state index in [9.17, 15) is 14.0 Å². The normalized spacial score (nSPS) is 9.90. The summed E-state index contributed by atoms with van der Waals surface area (Å²) in [4.78, 5) is 23.5. The van der Waals surface area contributed by atoms with E-state index in [4.69, 9.17) is 0 Å². The second-order valence-corrected chi connectivity index (χ2v) is 4.26. The molecule has 2 amide bonds. The number of carbonyl (C=O) groups is 2. The highest BCUT2D eigenvalue weighted by Crippen LogP contribution is 2.06. The molecule has 0 aliphatic heterocycles. The zero-order valence-electron chi connectivity index (χ0n) is 10.8. The Kier molecular flexibility index (Phi) is 4.10. The van der Waals surface area contributed by atoms with Gasteiger partial charge in [-0.05, 0) is 31.2 Å². The number of halogens is 1. The van der Waals surface area contributed by atoms with Gasteiger partial charge < -0.3 is 0 Å². The summed E-state index contributed by atoms with van der Waals surface area (Å²) in [6.45, 7) is 1.86. The van der Waals surface area contributed by atoms with E-state index in [1.807, 2.05) is 13.0 Å². The van der Waals surface area contributed by atoms with E-state index < -0.39 is 17.6 Å². The van der Waals surface area contributed by atoms with Crippen molar-refractivity contribution in [3.05, 3.63) is 71.0 Å². The lowest BCUT2D eigenvalue weighted by Gasteiger charge is -2.08. The van der Waals surface area contributed by atoms with E-state index in [1.165, 1.54) is 18.2 Å². The summed E-state index contributed by atoms with van der Waals surface area (Å²) in [7, 11) is 0. The van der Waals surface area contributed by atoms with Crippen LogP contribution in [0.3, 0.4) is 0 Å². The van der Waals surface area contributed by atoms with Crippen LogP contribution in [0.5, 0.6) is 0 Å². The van der Waals surface area contributed by atoms with Crippen LogP contribution in [0.4, 0.5) is 4.39 Å². The predicted molar refractivity (Wildman–Crippen MR) is 72.5 cm³/mol. The zero-order chi connectivity index (χ0) is 14.5. The van der Waals surface area contributed by atoms with Crippen molar-refractivity contribution in [3.63, 3.8) is 0 Å². The van der Waals surface area contributed by atoms with Crippen molar-refractivity contribution in [1.29, 1.82) is 0 Å². The number of benzene rings is 2. The van der Waals surface area contributed by atoms with Crippen LogP contribution in [0.1, 0.15) is 26.3 Å². The highest BCUT2D eigenvalue weighted by molar-refractivity contribution is 5.99. The molecule has 2 rings (SSSR count).